The van der Waals surface area contributed by atoms with Crippen LogP contribution in [0.3, 0.4) is 0 Å². The first-order valence-corrected chi connectivity index (χ1v) is 5.66. The lowest BCUT2D eigenvalue weighted by Crippen LogP contribution is -2.15. The maximum Gasteiger partial charge on any atom is 0.404 e. The van der Waals surface area contributed by atoms with Crippen LogP contribution in [0, 0.1) is 17.1 Å². The van der Waals surface area contributed by atoms with Crippen molar-refractivity contribution in [3.05, 3.63) is 47.3 Å². The molecule has 0 aliphatic heterocycles. The Balaban J connectivity index is 2.44. The number of ether oxygens (including phenoxy) is 1. The van der Waals surface area contributed by atoms with Crippen molar-refractivity contribution in [3.8, 4) is 6.07 Å². The summed E-state index contributed by atoms with van der Waals surface area (Å²) in [5.74, 6) is -0.456. The SMILES string of the molecule is N#Cc1cc2ccccc2c(F)c1CCOC(N)=O. The number of benzene rings is 2. The van der Waals surface area contributed by atoms with E-state index in [4.69, 9.17) is 11.0 Å². The van der Waals surface area contributed by atoms with Gasteiger partial charge in [0.2, 0.25) is 0 Å². The van der Waals surface area contributed by atoms with Gasteiger partial charge in [0.15, 0.2) is 0 Å². The Hall–Kier alpha value is -2.61. The van der Waals surface area contributed by atoms with Crippen LogP contribution >= 0.6 is 0 Å². The standard InChI is InChI=1S/C14H11FN2O2/c15-13-11-4-2-1-3-9(11)7-10(8-16)12(13)5-6-19-14(17)18/h1-4,7H,5-6H2,(H2,17,18). The molecule has 0 heterocycles. The first kappa shape index (κ1) is 12.8. The Morgan fingerprint density at radius 1 is 1.42 bits per heavy atom. The summed E-state index contributed by atoms with van der Waals surface area (Å²) in [7, 11) is 0. The number of primary amides is 1. The van der Waals surface area contributed by atoms with Crippen LogP contribution in [-0.4, -0.2) is 12.7 Å². The summed E-state index contributed by atoms with van der Waals surface area (Å²) >= 11 is 0. The largest absolute Gasteiger partial charge is 0.449 e. The Labute approximate surface area is 109 Å². The number of carbonyl (C=O) groups is 1. The summed E-state index contributed by atoms with van der Waals surface area (Å²) in [5.41, 5.74) is 5.31. The molecule has 0 aliphatic carbocycles. The topological polar surface area (TPSA) is 76.1 Å². The Bertz CT molecular complexity index is 677. The third-order valence-corrected chi connectivity index (χ3v) is 2.80. The smallest absolute Gasteiger partial charge is 0.404 e. The average molecular weight is 258 g/mol. The van der Waals surface area contributed by atoms with Gasteiger partial charge in [-0.15, -0.1) is 0 Å². The van der Waals surface area contributed by atoms with Gasteiger partial charge in [0.25, 0.3) is 0 Å². The molecule has 4 nitrogen and oxygen atoms in total. The maximum atomic E-state index is 14.3. The number of halogens is 1. The zero-order valence-corrected chi connectivity index (χ0v) is 10.0. The number of fused-ring (bicyclic) bond motifs is 1. The molecule has 2 rings (SSSR count). The normalized spacial score (nSPS) is 10.1. The first-order chi connectivity index (χ1) is 9.13. The van der Waals surface area contributed by atoms with Crippen molar-refractivity contribution < 1.29 is 13.9 Å². The van der Waals surface area contributed by atoms with Gasteiger partial charge in [-0.1, -0.05) is 24.3 Å². The quantitative estimate of drug-likeness (QED) is 0.918. The van der Waals surface area contributed by atoms with E-state index in [-0.39, 0.29) is 24.2 Å². The van der Waals surface area contributed by atoms with E-state index in [1.54, 1.807) is 30.3 Å². The fourth-order valence-electron chi connectivity index (χ4n) is 1.94. The second-order valence-corrected chi connectivity index (χ2v) is 3.97. The number of hydrogen-bond acceptors (Lipinski definition) is 3. The van der Waals surface area contributed by atoms with E-state index in [9.17, 15) is 9.18 Å². The van der Waals surface area contributed by atoms with Crippen molar-refractivity contribution >= 4 is 16.9 Å². The highest BCUT2D eigenvalue weighted by Gasteiger charge is 2.13. The Morgan fingerprint density at radius 3 is 2.84 bits per heavy atom. The van der Waals surface area contributed by atoms with Gasteiger partial charge in [0, 0.05) is 17.4 Å². The van der Waals surface area contributed by atoms with Crippen molar-refractivity contribution in [1.29, 1.82) is 5.26 Å². The number of nitrogens with two attached hydrogens (primary N) is 1. The fourth-order valence-corrected chi connectivity index (χ4v) is 1.94. The molecule has 1 amide bonds. The number of amides is 1. The van der Waals surface area contributed by atoms with Crippen LogP contribution in [0.5, 0.6) is 0 Å². The predicted octanol–water partition coefficient (Wildman–Crippen LogP) is 2.49. The van der Waals surface area contributed by atoms with Gasteiger partial charge < -0.3 is 10.5 Å². The molecule has 0 fully saturated rings. The van der Waals surface area contributed by atoms with Crippen molar-refractivity contribution in [2.75, 3.05) is 6.61 Å². The first-order valence-electron chi connectivity index (χ1n) is 5.66. The molecule has 96 valence electrons. The highest BCUT2D eigenvalue weighted by atomic mass is 19.1. The molecule has 2 aromatic carbocycles. The third-order valence-electron chi connectivity index (χ3n) is 2.80. The van der Waals surface area contributed by atoms with E-state index in [0.717, 1.165) is 0 Å². The van der Waals surface area contributed by atoms with Gasteiger partial charge in [-0.2, -0.15) is 5.26 Å². The minimum atomic E-state index is -0.917. The van der Waals surface area contributed by atoms with E-state index in [2.05, 4.69) is 4.74 Å². The van der Waals surface area contributed by atoms with Gasteiger partial charge in [-0.25, -0.2) is 9.18 Å². The van der Waals surface area contributed by atoms with Crippen LogP contribution in [0.1, 0.15) is 11.1 Å². The lowest BCUT2D eigenvalue weighted by Gasteiger charge is -2.09. The number of nitriles is 1. The van der Waals surface area contributed by atoms with Gasteiger partial charge in [-0.3, -0.25) is 0 Å². The van der Waals surface area contributed by atoms with E-state index in [0.29, 0.717) is 10.8 Å². The second-order valence-electron chi connectivity index (χ2n) is 3.97. The number of carbonyl (C=O) groups excluding carboxylic acids is 1. The maximum absolute atomic E-state index is 14.3. The Morgan fingerprint density at radius 2 is 2.16 bits per heavy atom. The van der Waals surface area contributed by atoms with Crippen molar-refractivity contribution in [1.82, 2.24) is 0 Å². The van der Waals surface area contributed by atoms with Crippen molar-refractivity contribution in [2.45, 2.75) is 6.42 Å². The molecule has 0 saturated carbocycles. The highest BCUT2D eigenvalue weighted by Crippen LogP contribution is 2.24. The zero-order valence-electron chi connectivity index (χ0n) is 10.0. The van der Waals surface area contributed by atoms with Crippen LogP contribution in [0.25, 0.3) is 10.8 Å². The van der Waals surface area contributed by atoms with Gasteiger partial charge >= 0.3 is 6.09 Å². The van der Waals surface area contributed by atoms with Crippen molar-refractivity contribution in [3.63, 3.8) is 0 Å². The van der Waals surface area contributed by atoms with E-state index < -0.39 is 11.9 Å². The molecule has 5 heteroatoms. The molecule has 0 saturated heterocycles. The molecule has 0 unspecified atom stereocenters. The minimum Gasteiger partial charge on any atom is -0.449 e. The molecule has 0 spiro atoms. The molecule has 2 aromatic rings. The van der Waals surface area contributed by atoms with Crippen LogP contribution in [0.2, 0.25) is 0 Å². The second kappa shape index (κ2) is 5.36. The predicted molar refractivity (Wildman–Crippen MR) is 67.9 cm³/mol. The van der Waals surface area contributed by atoms with Gasteiger partial charge in [0.05, 0.1) is 18.2 Å². The van der Waals surface area contributed by atoms with Gasteiger partial charge in [0.1, 0.15) is 5.82 Å². The lowest BCUT2D eigenvalue weighted by molar-refractivity contribution is 0.158. The Kier molecular flexibility index (Phi) is 3.62. The molecule has 0 aromatic heterocycles. The number of hydrogen-bond donors (Lipinski definition) is 1. The lowest BCUT2D eigenvalue weighted by atomic mass is 9.99. The summed E-state index contributed by atoms with van der Waals surface area (Å²) in [6.07, 6.45) is -0.803. The molecule has 0 aliphatic rings. The van der Waals surface area contributed by atoms with Crippen LogP contribution in [0.15, 0.2) is 30.3 Å². The average Bonchev–Trinajstić information content (AvgIpc) is 2.40. The summed E-state index contributed by atoms with van der Waals surface area (Å²) in [6, 6.07) is 10.5. The van der Waals surface area contributed by atoms with E-state index in [1.165, 1.54) is 0 Å². The monoisotopic (exact) mass is 258 g/mol. The summed E-state index contributed by atoms with van der Waals surface area (Å²) in [6.45, 7) is -0.0563. The van der Waals surface area contributed by atoms with Crippen LogP contribution in [0.4, 0.5) is 9.18 Å². The fraction of sp³-hybridized carbons (Fsp3) is 0.143. The number of rotatable bonds is 3. The van der Waals surface area contributed by atoms with E-state index in [1.807, 2.05) is 6.07 Å². The summed E-state index contributed by atoms with van der Waals surface area (Å²) in [5, 5.41) is 10.2. The van der Waals surface area contributed by atoms with Crippen LogP contribution in [-0.2, 0) is 11.2 Å². The minimum absolute atomic E-state index is 0.0563. The molecule has 0 radical (unpaired) electrons. The molecular weight excluding hydrogens is 247 g/mol. The van der Waals surface area contributed by atoms with Gasteiger partial charge in [-0.05, 0) is 11.5 Å². The van der Waals surface area contributed by atoms with Crippen molar-refractivity contribution in [2.24, 2.45) is 5.73 Å². The zero-order chi connectivity index (χ0) is 13.8. The third kappa shape index (κ3) is 2.63. The van der Waals surface area contributed by atoms with E-state index >= 15 is 0 Å². The molecule has 2 N–H and O–H groups in total. The number of nitrogens with zero attached hydrogens (tertiary/aromatic N) is 1. The highest BCUT2D eigenvalue weighted by molar-refractivity contribution is 5.85. The summed E-state index contributed by atoms with van der Waals surface area (Å²) in [4.78, 5) is 10.5. The molecule has 19 heavy (non-hydrogen) atoms. The molecular formula is C14H11FN2O2. The van der Waals surface area contributed by atoms with Crippen LogP contribution < -0.4 is 5.73 Å². The molecule has 0 bridgehead atoms. The summed E-state index contributed by atoms with van der Waals surface area (Å²) < 4.78 is 18.9. The molecule has 0 atom stereocenters.